The van der Waals surface area contributed by atoms with Crippen molar-refractivity contribution in [3.8, 4) is 0 Å². The minimum atomic E-state index is -0.190. The fraction of sp³-hybridized carbons (Fsp3) is 0. The number of halogens is 3. The summed E-state index contributed by atoms with van der Waals surface area (Å²) in [6.45, 7) is 0. The SMILES string of the molecule is ClC=CB(Cl)C=CCl. The average molecular weight is 169 g/mol. The monoisotopic (exact) mass is 168 g/mol. The largest absolute Gasteiger partial charge is 0.302 e. The van der Waals surface area contributed by atoms with Crippen LogP contribution in [0.5, 0.6) is 0 Å². The summed E-state index contributed by atoms with van der Waals surface area (Å²) in [4.78, 5) is 0. The van der Waals surface area contributed by atoms with Crippen LogP contribution in [0.25, 0.3) is 0 Å². The topological polar surface area (TPSA) is 0 Å². The molecule has 0 heterocycles. The molecule has 0 aliphatic rings. The zero-order valence-electron chi connectivity index (χ0n) is 4.02. The van der Waals surface area contributed by atoms with Gasteiger partial charge in [-0.15, -0.1) is 0 Å². The van der Waals surface area contributed by atoms with Crippen molar-refractivity contribution in [2.45, 2.75) is 0 Å². The van der Waals surface area contributed by atoms with Crippen LogP contribution in [0.3, 0.4) is 0 Å². The quantitative estimate of drug-likeness (QED) is 0.558. The molecule has 0 aromatic heterocycles. The lowest BCUT2D eigenvalue weighted by Gasteiger charge is -1.82. The second kappa shape index (κ2) is 5.55. The Hall–Kier alpha value is 0.415. The molecule has 0 N–H and O–H groups in total. The zero-order chi connectivity index (χ0) is 6.41. The third-order valence-corrected chi connectivity index (χ3v) is 1.10. The Bertz CT molecular complexity index is 87.5. The highest BCUT2D eigenvalue weighted by atomic mass is 35.5. The van der Waals surface area contributed by atoms with Gasteiger partial charge in [-0.25, -0.2) is 0 Å². The fourth-order valence-corrected chi connectivity index (χ4v) is 0.811. The van der Waals surface area contributed by atoms with E-state index in [1.165, 1.54) is 11.1 Å². The molecular weight excluding hydrogens is 165 g/mol. The summed E-state index contributed by atoms with van der Waals surface area (Å²) in [5.41, 5.74) is 2.71. The summed E-state index contributed by atoms with van der Waals surface area (Å²) < 4.78 is 0. The van der Waals surface area contributed by atoms with Gasteiger partial charge in [-0.2, -0.15) is 11.5 Å². The van der Waals surface area contributed by atoms with Gasteiger partial charge in [0.1, 0.15) is 0 Å². The minimum Gasteiger partial charge on any atom is -0.183 e. The van der Waals surface area contributed by atoms with Gasteiger partial charge in [0.15, 0.2) is 0 Å². The summed E-state index contributed by atoms with van der Waals surface area (Å²) in [6.07, 6.45) is -0.190. The van der Waals surface area contributed by atoms with Crippen molar-refractivity contribution >= 4 is 40.8 Å². The van der Waals surface area contributed by atoms with E-state index in [2.05, 4.69) is 0 Å². The van der Waals surface area contributed by atoms with Crippen LogP contribution >= 0.6 is 34.7 Å². The molecule has 0 aromatic rings. The molecular formula is C4H4BCl3. The van der Waals surface area contributed by atoms with Crippen LogP contribution in [0, 0.1) is 0 Å². The van der Waals surface area contributed by atoms with E-state index < -0.39 is 0 Å². The molecule has 0 aliphatic heterocycles. The van der Waals surface area contributed by atoms with Crippen LogP contribution in [-0.4, -0.2) is 6.13 Å². The summed E-state index contributed by atoms with van der Waals surface area (Å²) in [5.74, 6) is 3.23. The molecule has 0 radical (unpaired) electrons. The van der Waals surface area contributed by atoms with E-state index in [0.29, 0.717) is 0 Å². The summed E-state index contributed by atoms with van der Waals surface area (Å²) >= 11 is 15.9. The molecule has 0 amide bonds. The Morgan fingerprint density at radius 1 is 1.00 bits per heavy atom. The Labute approximate surface area is 64.1 Å². The average Bonchev–Trinajstić information content (AvgIpc) is 1.68. The lowest BCUT2D eigenvalue weighted by Crippen LogP contribution is -1.90. The number of rotatable bonds is 2. The molecule has 0 aromatic carbocycles. The van der Waals surface area contributed by atoms with Crippen molar-refractivity contribution in [2.75, 3.05) is 0 Å². The van der Waals surface area contributed by atoms with Crippen LogP contribution in [-0.2, 0) is 0 Å². The molecule has 0 saturated carbocycles. The van der Waals surface area contributed by atoms with Gasteiger partial charge < -0.3 is 0 Å². The summed E-state index contributed by atoms with van der Waals surface area (Å²) in [6, 6.07) is 0. The van der Waals surface area contributed by atoms with E-state index in [1.807, 2.05) is 0 Å². The van der Waals surface area contributed by atoms with E-state index in [4.69, 9.17) is 34.7 Å². The first-order valence-electron chi connectivity index (χ1n) is 1.99. The Morgan fingerprint density at radius 3 is 1.62 bits per heavy atom. The standard InChI is InChI=1S/C4H4BCl3/c6-3-1-5(8)2-4-7/h1-4H. The van der Waals surface area contributed by atoms with Gasteiger partial charge in [0, 0.05) is 0 Å². The highest BCUT2D eigenvalue weighted by Gasteiger charge is 1.95. The molecule has 0 fully saturated rings. The van der Waals surface area contributed by atoms with Crippen molar-refractivity contribution in [2.24, 2.45) is 0 Å². The third-order valence-electron chi connectivity index (χ3n) is 0.513. The minimum absolute atomic E-state index is 0.190. The molecule has 8 heavy (non-hydrogen) atoms. The maximum Gasteiger partial charge on any atom is 0.302 e. The zero-order valence-corrected chi connectivity index (χ0v) is 6.29. The highest BCUT2D eigenvalue weighted by Crippen LogP contribution is 1.96. The van der Waals surface area contributed by atoms with Gasteiger partial charge in [0.05, 0.1) is 0 Å². The fourth-order valence-electron chi connectivity index (χ4n) is 0.203. The van der Waals surface area contributed by atoms with E-state index in [-0.39, 0.29) is 6.13 Å². The third kappa shape index (κ3) is 4.57. The van der Waals surface area contributed by atoms with E-state index >= 15 is 0 Å². The molecule has 0 spiro atoms. The first-order chi connectivity index (χ1) is 3.81. The van der Waals surface area contributed by atoms with E-state index in [1.54, 1.807) is 12.0 Å². The van der Waals surface area contributed by atoms with Crippen LogP contribution in [0.2, 0.25) is 0 Å². The van der Waals surface area contributed by atoms with Crippen LogP contribution in [0.4, 0.5) is 0 Å². The van der Waals surface area contributed by atoms with Gasteiger partial charge >= 0.3 is 6.13 Å². The van der Waals surface area contributed by atoms with Gasteiger partial charge in [-0.05, 0) is 11.1 Å². The summed E-state index contributed by atoms with van der Waals surface area (Å²) in [7, 11) is 0. The van der Waals surface area contributed by atoms with E-state index in [9.17, 15) is 0 Å². The summed E-state index contributed by atoms with van der Waals surface area (Å²) in [5, 5.41) is 0. The molecule has 4 heteroatoms. The maximum absolute atomic E-state index is 5.54. The van der Waals surface area contributed by atoms with Gasteiger partial charge in [0.25, 0.3) is 0 Å². The van der Waals surface area contributed by atoms with E-state index in [0.717, 1.165) is 0 Å². The van der Waals surface area contributed by atoms with Crippen molar-refractivity contribution in [3.63, 3.8) is 0 Å². The first-order valence-corrected chi connectivity index (χ1v) is 3.30. The van der Waals surface area contributed by atoms with Gasteiger partial charge in [0.2, 0.25) is 0 Å². The lowest BCUT2D eigenvalue weighted by molar-refractivity contribution is 2.33. The van der Waals surface area contributed by atoms with Crippen LogP contribution < -0.4 is 0 Å². The smallest absolute Gasteiger partial charge is 0.183 e. The maximum atomic E-state index is 5.54. The Balaban J connectivity index is 3.47. The van der Waals surface area contributed by atoms with Gasteiger partial charge in [-0.1, -0.05) is 35.2 Å². The Morgan fingerprint density at radius 2 is 1.38 bits per heavy atom. The second-order valence-electron chi connectivity index (χ2n) is 1.08. The second-order valence-corrected chi connectivity index (χ2v) is 2.09. The molecule has 0 unspecified atom stereocenters. The molecule has 0 aliphatic carbocycles. The molecule has 44 valence electrons. The van der Waals surface area contributed by atoms with Gasteiger partial charge in [-0.3, -0.25) is 0 Å². The van der Waals surface area contributed by atoms with Crippen molar-refractivity contribution < 1.29 is 0 Å². The Kier molecular flexibility index (Phi) is 5.84. The lowest BCUT2D eigenvalue weighted by atomic mass is 9.78. The molecule has 0 rings (SSSR count). The van der Waals surface area contributed by atoms with Crippen molar-refractivity contribution in [3.05, 3.63) is 23.0 Å². The molecule has 0 saturated heterocycles. The van der Waals surface area contributed by atoms with Crippen molar-refractivity contribution in [1.29, 1.82) is 0 Å². The molecule has 0 nitrogen and oxygen atoms in total. The van der Waals surface area contributed by atoms with Crippen LogP contribution in [0.15, 0.2) is 23.0 Å². The predicted molar refractivity (Wildman–Crippen MR) is 41.6 cm³/mol. The highest BCUT2D eigenvalue weighted by molar-refractivity contribution is 7.12. The van der Waals surface area contributed by atoms with Crippen LogP contribution in [0.1, 0.15) is 0 Å². The molecule has 0 bridgehead atoms. The first kappa shape index (κ1) is 8.41. The van der Waals surface area contributed by atoms with Crippen molar-refractivity contribution in [1.82, 2.24) is 0 Å². The number of hydrogen-bond acceptors (Lipinski definition) is 0. The normalized spacial score (nSPS) is 11.4. The predicted octanol–water partition coefficient (Wildman–Crippen LogP) is 2.80. The molecule has 0 atom stereocenters. The number of hydrogen-bond donors (Lipinski definition) is 0.